The number of ketones is 1. The van der Waals surface area contributed by atoms with E-state index >= 15 is 0 Å². The van der Waals surface area contributed by atoms with Gasteiger partial charge in [0, 0.05) is 93.3 Å². The van der Waals surface area contributed by atoms with Crippen LogP contribution >= 0.6 is 0 Å². The largest absolute Gasteiger partial charge is 0.368 e. The molecular formula is C48H60N14O4. The van der Waals surface area contributed by atoms with E-state index in [1.54, 1.807) is 28.4 Å². The van der Waals surface area contributed by atoms with Crippen molar-refractivity contribution in [2.45, 2.75) is 110 Å². The van der Waals surface area contributed by atoms with E-state index in [0.29, 0.717) is 57.4 Å². The number of Topliss-reactive ketones (excluding diaryl/α,β-unsaturated/α-hetero) is 1. The number of nitrogens with zero attached hydrogens (tertiary/aromatic N) is 10. The second-order valence-electron chi connectivity index (χ2n) is 19.7. The summed E-state index contributed by atoms with van der Waals surface area (Å²) in [5, 5.41) is 18.2. The van der Waals surface area contributed by atoms with Crippen LogP contribution in [-0.4, -0.2) is 119 Å². The van der Waals surface area contributed by atoms with Gasteiger partial charge in [-0.25, -0.2) is 15.0 Å². The maximum Gasteiger partial charge on any atom is 0.263 e. The monoisotopic (exact) mass is 896 g/mol. The Morgan fingerprint density at radius 3 is 2.26 bits per heavy atom. The number of amides is 2. The van der Waals surface area contributed by atoms with E-state index < -0.39 is 0 Å². The number of hydrogen-bond donors (Lipinski definition) is 4. The number of carbonyl (C=O) groups excluding carboxylic acids is 3. The van der Waals surface area contributed by atoms with Crippen LogP contribution in [0.25, 0.3) is 11.0 Å². The molecule has 4 saturated carbocycles. The maximum absolute atomic E-state index is 14.1. The SMILES string of the molecule is CC(=O)c1c(C)c2cnc(Nc3ccc(N4CCN(C5CCN(C(=O)C67CC(Nc8nc(NC(C)C)ccc8C(=O)Nc8cc(C)n(C)n8)(C6)C7)C5)CC4)cn3)nc2n(C2CCCC2)c1=O. The van der Waals surface area contributed by atoms with Crippen LogP contribution in [0.15, 0.2) is 47.5 Å². The molecule has 18 heteroatoms. The summed E-state index contributed by atoms with van der Waals surface area (Å²) in [5.41, 5.74) is 2.89. The van der Waals surface area contributed by atoms with Gasteiger partial charge in [-0.05, 0) is 103 Å². The normalized spacial score (nSPS) is 22.9. The second kappa shape index (κ2) is 16.8. The van der Waals surface area contributed by atoms with Gasteiger partial charge < -0.3 is 31.1 Å². The van der Waals surface area contributed by atoms with Crippen LogP contribution in [-0.2, 0) is 11.8 Å². The number of hydrogen-bond acceptors (Lipinski definition) is 14. The average molecular weight is 897 g/mol. The Morgan fingerprint density at radius 1 is 0.848 bits per heavy atom. The molecule has 5 aromatic rings. The van der Waals surface area contributed by atoms with Crippen LogP contribution in [0.5, 0.6) is 0 Å². The van der Waals surface area contributed by atoms with Crippen molar-refractivity contribution in [1.82, 2.24) is 44.1 Å². The van der Waals surface area contributed by atoms with Crippen molar-refractivity contribution in [2.24, 2.45) is 12.5 Å². The molecule has 2 bridgehead atoms. The molecule has 0 radical (unpaired) electrons. The zero-order valence-corrected chi connectivity index (χ0v) is 38.8. The number of fused-ring (bicyclic) bond motifs is 1. The standard InChI is InChI=1S/C48H60N14O4/c1-28(2)51-38-14-12-35(43(64)53-39-21-29(3)58(6)57-39)41(52-38)56-48-25-47(26-48,27-48)45(66)61-16-15-34(24-61)60-19-17-59(18-20-60)33-11-13-37(49-22-33)54-46-50-23-36-30(4)40(31(5)63)44(65)62(42(36)55-46)32-9-7-8-10-32/h11-14,21-23,28,32,34H,7-10,15-20,24-27H2,1-6H3,(H2,51,52,56)(H,53,57,64)(H,49,50,54,55). The number of rotatable bonds is 13. The van der Waals surface area contributed by atoms with Crippen molar-refractivity contribution >= 4 is 63.5 Å². The summed E-state index contributed by atoms with van der Waals surface area (Å²) in [6.45, 7) is 14.3. The molecule has 346 valence electrons. The number of likely N-dealkylation sites (tertiary alicyclic amines) is 1. The van der Waals surface area contributed by atoms with E-state index in [2.05, 4.69) is 52.1 Å². The Morgan fingerprint density at radius 2 is 1.59 bits per heavy atom. The van der Waals surface area contributed by atoms with Gasteiger partial charge >= 0.3 is 0 Å². The molecule has 66 heavy (non-hydrogen) atoms. The molecule has 18 nitrogen and oxygen atoms in total. The number of aryl methyl sites for hydroxylation is 3. The molecule has 2 aliphatic heterocycles. The average Bonchev–Trinajstić information content (AvgIpc) is 4.04. The van der Waals surface area contributed by atoms with Gasteiger partial charge in [0.25, 0.3) is 11.5 Å². The highest BCUT2D eigenvalue weighted by molar-refractivity contribution is 6.07. The highest BCUT2D eigenvalue weighted by Crippen LogP contribution is 2.69. The zero-order chi connectivity index (χ0) is 46.1. The van der Waals surface area contributed by atoms with Crippen LogP contribution in [0, 0.1) is 19.3 Å². The van der Waals surface area contributed by atoms with Gasteiger partial charge in [0.2, 0.25) is 11.9 Å². The van der Waals surface area contributed by atoms with Crippen molar-refractivity contribution in [2.75, 3.05) is 65.4 Å². The molecule has 1 unspecified atom stereocenters. The summed E-state index contributed by atoms with van der Waals surface area (Å²) in [6.07, 6.45) is 10.6. The number of piperazine rings is 1. The number of anilines is 6. The van der Waals surface area contributed by atoms with Crippen LogP contribution in [0.2, 0.25) is 0 Å². The number of pyridine rings is 3. The third-order valence-electron chi connectivity index (χ3n) is 14.7. The Balaban J connectivity index is 0.727. The smallest absolute Gasteiger partial charge is 0.263 e. The first-order valence-corrected chi connectivity index (χ1v) is 23.5. The molecule has 2 amide bonds. The van der Waals surface area contributed by atoms with E-state index in [1.165, 1.54) is 6.92 Å². The quantitative estimate of drug-likeness (QED) is 0.103. The summed E-state index contributed by atoms with van der Waals surface area (Å²) in [5.74, 6) is 2.36. The van der Waals surface area contributed by atoms with E-state index in [4.69, 9.17) is 15.0 Å². The van der Waals surface area contributed by atoms with Crippen molar-refractivity contribution in [1.29, 1.82) is 0 Å². The van der Waals surface area contributed by atoms with Gasteiger partial charge in [0.15, 0.2) is 11.6 Å². The van der Waals surface area contributed by atoms with Gasteiger partial charge in [-0.3, -0.25) is 33.3 Å². The first-order chi connectivity index (χ1) is 31.7. The molecule has 6 fully saturated rings. The lowest BCUT2D eigenvalue weighted by atomic mass is 9.39. The minimum absolute atomic E-state index is 0.00514. The summed E-state index contributed by atoms with van der Waals surface area (Å²) in [7, 11) is 1.84. The molecule has 1 atom stereocenters. The van der Waals surface area contributed by atoms with Crippen molar-refractivity contribution in [3.05, 3.63) is 75.5 Å². The highest BCUT2D eigenvalue weighted by atomic mass is 16.2. The molecule has 6 aliphatic rings. The van der Waals surface area contributed by atoms with E-state index in [-0.39, 0.29) is 51.8 Å². The molecule has 7 heterocycles. The van der Waals surface area contributed by atoms with Gasteiger partial charge in [0.1, 0.15) is 23.1 Å². The Kier molecular flexibility index (Phi) is 11.0. The molecular weight excluding hydrogens is 837 g/mol. The summed E-state index contributed by atoms with van der Waals surface area (Å²) in [6, 6.07) is 9.93. The predicted molar refractivity (Wildman–Crippen MR) is 254 cm³/mol. The van der Waals surface area contributed by atoms with E-state index in [0.717, 1.165) is 102 Å². The third kappa shape index (κ3) is 7.91. The molecule has 0 aromatic carbocycles. The highest BCUT2D eigenvalue weighted by Gasteiger charge is 2.72. The van der Waals surface area contributed by atoms with E-state index in [9.17, 15) is 19.2 Å². The fraction of sp³-hybridized carbons (Fsp3) is 0.521. The number of carbonyl (C=O) groups is 3. The lowest BCUT2D eigenvalue weighted by Crippen LogP contribution is -2.75. The van der Waals surface area contributed by atoms with Crippen molar-refractivity contribution in [3.63, 3.8) is 0 Å². The lowest BCUT2D eigenvalue weighted by molar-refractivity contribution is -0.178. The third-order valence-corrected chi connectivity index (χ3v) is 14.7. The minimum atomic E-state index is -0.353. The predicted octanol–water partition coefficient (Wildman–Crippen LogP) is 5.82. The van der Waals surface area contributed by atoms with Gasteiger partial charge in [-0.1, -0.05) is 12.8 Å². The summed E-state index contributed by atoms with van der Waals surface area (Å²) >= 11 is 0. The van der Waals surface area contributed by atoms with Crippen molar-refractivity contribution in [3.8, 4) is 0 Å². The van der Waals surface area contributed by atoms with Crippen molar-refractivity contribution < 1.29 is 14.4 Å². The molecule has 5 aromatic heterocycles. The molecule has 0 spiro atoms. The molecule has 11 rings (SSSR count). The summed E-state index contributed by atoms with van der Waals surface area (Å²) < 4.78 is 3.44. The molecule has 2 saturated heterocycles. The van der Waals surface area contributed by atoms with Crippen LogP contribution in [0.3, 0.4) is 0 Å². The Hall–Kier alpha value is -6.43. The number of nitrogens with one attached hydrogen (secondary N) is 4. The number of aromatic nitrogens is 7. The minimum Gasteiger partial charge on any atom is -0.368 e. The van der Waals surface area contributed by atoms with Gasteiger partial charge in [-0.2, -0.15) is 10.1 Å². The first kappa shape index (κ1) is 43.5. The topological polar surface area (TPSA) is 200 Å². The maximum atomic E-state index is 14.1. The van der Waals surface area contributed by atoms with Gasteiger partial charge in [0.05, 0.1) is 28.4 Å². The lowest BCUT2D eigenvalue weighted by Gasteiger charge is -2.70. The van der Waals surface area contributed by atoms with Crippen LogP contribution in [0.4, 0.5) is 34.9 Å². The summed E-state index contributed by atoms with van der Waals surface area (Å²) in [4.78, 5) is 79.6. The first-order valence-electron chi connectivity index (χ1n) is 23.5. The van der Waals surface area contributed by atoms with Gasteiger partial charge in [-0.15, -0.1) is 0 Å². The Bertz CT molecular complexity index is 2750. The van der Waals surface area contributed by atoms with Crippen LogP contribution < -0.4 is 31.7 Å². The fourth-order valence-corrected chi connectivity index (χ4v) is 11.3. The Labute approximate surface area is 384 Å². The van der Waals surface area contributed by atoms with E-state index in [1.807, 2.05) is 52.2 Å². The molecule has 4 N–H and O–H groups in total. The molecule has 4 aliphatic carbocycles. The van der Waals surface area contributed by atoms with Crippen LogP contribution in [0.1, 0.15) is 110 Å². The second-order valence-corrected chi connectivity index (χ2v) is 19.7. The fourth-order valence-electron chi connectivity index (χ4n) is 11.3. The zero-order valence-electron chi connectivity index (χ0n) is 38.8.